The van der Waals surface area contributed by atoms with Crippen LogP contribution in [-0.2, 0) is 19.6 Å². The topological polar surface area (TPSA) is 65.4 Å². The Hall–Kier alpha value is -2.86. The number of carbonyl (C=O) groups excluding carboxylic acids is 1. The number of ether oxygens (including phenoxy) is 1. The molecule has 0 amide bonds. The van der Waals surface area contributed by atoms with Gasteiger partial charge in [0.1, 0.15) is 0 Å². The number of fused-ring (bicyclic) bond motifs is 1. The van der Waals surface area contributed by atoms with E-state index in [0.717, 1.165) is 10.9 Å². The Kier molecular flexibility index (Phi) is 4.22. The van der Waals surface area contributed by atoms with Crippen molar-refractivity contribution >= 4 is 33.0 Å². The van der Waals surface area contributed by atoms with Crippen molar-refractivity contribution in [2.24, 2.45) is 0 Å². The largest absolute Gasteiger partial charge is 0.466 e. The SMILES string of the molecule is COC(=O)/C=C/c1ccc2c(ccn2S(=O)(=O)c2ccccc2)c1. The van der Waals surface area contributed by atoms with Crippen LogP contribution < -0.4 is 0 Å². The van der Waals surface area contributed by atoms with Crippen LogP contribution in [0.5, 0.6) is 0 Å². The van der Waals surface area contributed by atoms with Crippen molar-refractivity contribution in [3.63, 3.8) is 0 Å². The molecular formula is C18H15NO4S. The Morgan fingerprint density at radius 2 is 1.83 bits per heavy atom. The first-order valence-corrected chi connectivity index (χ1v) is 8.64. The highest BCUT2D eigenvalue weighted by Gasteiger charge is 2.18. The van der Waals surface area contributed by atoms with Crippen LogP contribution in [0, 0.1) is 0 Å². The molecule has 0 saturated carbocycles. The average Bonchev–Trinajstić information content (AvgIpc) is 3.04. The number of hydrogen-bond donors (Lipinski definition) is 0. The normalized spacial score (nSPS) is 11.9. The fraction of sp³-hybridized carbons (Fsp3) is 0.0556. The standard InChI is InChI=1S/C18H15NO4S/c1-23-18(20)10-8-14-7-9-17-15(13-14)11-12-19(17)24(21,22)16-5-3-2-4-6-16/h2-13H,1H3/b10-8+. The van der Waals surface area contributed by atoms with Crippen LogP contribution >= 0.6 is 0 Å². The Morgan fingerprint density at radius 1 is 1.08 bits per heavy atom. The summed E-state index contributed by atoms with van der Waals surface area (Å²) in [6.45, 7) is 0. The van der Waals surface area contributed by atoms with E-state index in [1.807, 2.05) is 6.07 Å². The van der Waals surface area contributed by atoms with E-state index in [1.54, 1.807) is 54.6 Å². The van der Waals surface area contributed by atoms with Crippen molar-refractivity contribution < 1.29 is 17.9 Å². The number of carbonyl (C=O) groups is 1. The van der Waals surface area contributed by atoms with Crippen molar-refractivity contribution in [1.29, 1.82) is 0 Å². The zero-order chi connectivity index (χ0) is 17.2. The Balaban J connectivity index is 2.03. The van der Waals surface area contributed by atoms with E-state index in [4.69, 9.17) is 0 Å². The predicted molar refractivity (Wildman–Crippen MR) is 92.0 cm³/mol. The molecule has 0 aliphatic carbocycles. The fourth-order valence-electron chi connectivity index (χ4n) is 2.39. The highest BCUT2D eigenvalue weighted by atomic mass is 32.2. The molecule has 3 rings (SSSR count). The maximum absolute atomic E-state index is 12.7. The molecule has 0 unspecified atom stereocenters. The first-order valence-electron chi connectivity index (χ1n) is 7.20. The van der Waals surface area contributed by atoms with Crippen LogP contribution in [0.15, 0.2) is 71.8 Å². The van der Waals surface area contributed by atoms with Crippen LogP contribution in [0.2, 0.25) is 0 Å². The summed E-state index contributed by atoms with van der Waals surface area (Å²) in [4.78, 5) is 11.4. The van der Waals surface area contributed by atoms with E-state index >= 15 is 0 Å². The first-order chi connectivity index (χ1) is 11.5. The molecule has 24 heavy (non-hydrogen) atoms. The van der Waals surface area contributed by atoms with Gasteiger partial charge in [-0.25, -0.2) is 17.2 Å². The van der Waals surface area contributed by atoms with Crippen LogP contribution in [0.25, 0.3) is 17.0 Å². The smallest absolute Gasteiger partial charge is 0.330 e. The third-order valence-electron chi connectivity index (χ3n) is 3.59. The Morgan fingerprint density at radius 3 is 2.54 bits per heavy atom. The Labute approximate surface area is 139 Å². The van der Waals surface area contributed by atoms with E-state index in [1.165, 1.54) is 23.4 Å². The van der Waals surface area contributed by atoms with E-state index in [2.05, 4.69) is 4.74 Å². The molecule has 122 valence electrons. The summed E-state index contributed by atoms with van der Waals surface area (Å²) in [5.74, 6) is -0.445. The maximum atomic E-state index is 12.7. The molecule has 0 spiro atoms. The van der Waals surface area contributed by atoms with Crippen molar-refractivity contribution in [3.8, 4) is 0 Å². The highest BCUT2D eigenvalue weighted by molar-refractivity contribution is 7.90. The molecule has 5 nitrogen and oxygen atoms in total. The summed E-state index contributed by atoms with van der Waals surface area (Å²) in [6.07, 6.45) is 4.47. The maximum Gasteiger partial charge on any atom is 0.330 e. The molecule has 0 fully saturated rings. The van der Waals surface area contributed by atoms with Crippen LogP contribution in [0.4, 0.5) is 0 Å². The highest BCUT2D eigenvalue weighted by Crippen LogP contribution is 2.23. The van der Waals surface area contributed by atoms with Gasteiger partial charge in [0.25, 0.3) is 10.0 Å². The quantitative estimate of drug-likeness (QED) is 0.540. The lowest BCUT2D eigenvalue weighted by Crippen LogP contribution is -2.11. The van der Waals surface area contributed by atoms with Crippen molar-refractivity contribution in [1.82, 2.24) is 3.97 Å². The van der Waals surface area contributed by atoms with Gasteiger partial charge >= 0.3 is 5.97 Å². The van der Waals surface area contributed by atoms with Gasteiger partial charge in [0.2, 0.25) is 0 Å². The minimum Gasteiger partial charge on any atom is -0.466 e. The van der Waals surface area contributed by atoms with Gasteiger partial charge in [-0.2, -0.15) is 0 Å². The third-order valence-corrected chi connectivity index (χ3v) is 5.30. The zero-order valence-electron chi connectivity index (χ0n) is 12.9. The number of benzene rings is 2. The van der Waals surface area contributed by atoms with Gasteiger partial charge < -0.3 is 4.74 Å². The summed E-state index contributed by atoms with van der Waals surface area (Å²) in [6, 6.07) is 15.3. The number of nitrogens with zero attached hydrogens (tertiary/aromatic N) is 1. The van der Waals surface area contributed by atoms with Gasteiger partial charge in [-0.15, -0.1) is 0 Å². The van der Waals surface area contributed by atoms with Crippen LogP contribution in [-0.4, -0.2) is 25.5 Å². The van der Waals surface area contributed by atoms with Crippen molar-refractivity contribution in [3.05, 3.63) is 72.4 Å². The molecule has 6 heteroatoms. The molecule has 0 saturated heterocycles. The Bertz CT molecular complexity index is 1020. The van der Waals surface area contributed by atoms with E-state index < -0.39 is 16.0 Å². The van der Waals surface area contributed by atoms with E-state index in [0.29, 0.717) is 5.52 Å². The van der Waals surface area contributed by atoms with Gasteiger partial charge in [0.15, 0.2) is 0 Å². The number of hydrogen-bond acceptors (Lipinski definition) is 4. The number of rotatable bonds is 4. The van der Waals surface area contributed by atoms with Crippen LogP contribution in [0.1, 0.15) is 5.56 Å². The van der Waals surface area contributed by atoms with Gasteiger partial charge in [-0.1, -0.05) is 24.3 Å². The molecule has 0 aliphatic heterocycles. The predicted octanol–water partition coefficient (Wildman–Crippen LogP) is 3.06. The fourth-order valence-corrected chi connectivity index (χ4v) is 3.76. The lowest BCUT2D eigenvalue weighted by molar-refractivity contribution is -0.134. The minimum atomic E-state index is -3.64. The van der Waals surface area contributed by atoms with Gasteiger partial charge in [0, 0.05) is 17.7 Å². The monoisotopic (exact) mass is 341 g/mol. The van der Waals surface area contributed by atoms with Crippen LogP contribution in [0.3, 0.4) is 0 Å². The second-order valence-corrected chi connectivity index (χ2v) is 6.92. The molecule has 0 atom stereocenters. The molecular weight excluding hydrogens is 326 g/mol. The van der Waals surface area contributed by atoms with E-state index in [-0.39, 0.29) is 4.90 Å². The summed E-state index contributed by atoms with van der Waals surface area (Å²) < 4.78 is 31.3. The molecule has 1 aromatic heterocycles. The summed E-state index contributed by atoms with van der Waals surface area (Å²) in [7, 11) is -2.33. The first kappa shape index (κ1) is 16.0. The zero-order valence-corrected chi connectivity index (χ0v) is 13.7. The number of esters is 1. The van der Waals surface area contributed by atoms with Crippen molar-refractivity contribution in [2.75, 3.05) is 7.11 Å². The molecule has 0 aliphatic rings. The van der Waals surface area contributed by atoms with Gasteiger partial charge in [0.05, 0.1) is 17.5 Å². The summed E-state index contributed by atoms with van der Waals surface area (Å²) in [5, 5.41) is 0.765. The second-order valence-electron chi connectivity index (χ2n) is 5.10. The summed E-state index contributed by atoms with van der Waals surface area (Å²) >= 11 is 0. The molecule has 0 radical (unpaired) electrons. The lowest BCUT2D eigenvalue weighted by atomic mass is 10.1. The molecule has 0 N–H and O–H groups in total. The van der Waals surface area contributed by atoms with Gasteiger partial charge in [-0.3, -0.25) is 0 Å². The minimum absolute atomic E-state index is 0.233. The second kappa shape index (κ2) is 6.33. The van der Waals surface area contributed by atoms with E-state index in [9.17, 15) is 13.2 Å². The lowest BCUT2D eigenvalue weighted by Gasteiger charge is -2.07. The third kappa shape index (κ3) is 2.96. The summed E-state index contributed by atoms with van der Waals surface area (Å²) in [5.41, 5.74) is 1.36. The average molecular weight is 341 g/mol. The van der Waals surface area contributed by atoms with Crippen molar-refractivity contribution in [2.45, 2.75) is 4.90 Å². The molecule has 0 bridgehead atoms. The van der Waals surface area contributed by atoms with Gasteiger partial charge in [-0.05, 0) is 42.0 Å². The molecule has 3 aromatic rings. The molecule has 2 aromatic carbocycles. The molecule has 1 heterocycles. The number of methoxy groups -OCH3 is 1. The number of aromatic nitrogens is 1.